The van der Waals surface area contributed by atoms with Gasteiger partial charge in [0.25, 0.3) is 0 Å². The highest BCUT2D eigenvalue weighted by molar-refractivity contribution is 5.79. The first-order valence-electron chi connectivity index (χ1n) is 4.98. The molecule has 2 aliphatic carbocycles. The fourth-order valence-electron chi connectivity index (χ4n) is 2.81. The van der Waals surface area contributed by atoms with Crippen LogP contribution in [0.5, 0.6) is 0 Å². The van der Waals surface area contributed by atoms with E-state index < -0.39 is 0 Å². The SMILES string of the molecule is COC(=O)[C@@H]1[C@H]2Cc3ccccc3[C@H]21. The maximum absolute atomic E-state index is 11.4. The zero-order valence-corrected chi connectivity index (χ0v) is 8.07. The fraction of sp³-hybridized carbons (Fsp3) is 0.417. The Morgan fingerprint density at radius 2 is 2.21 bits per heavy atom. The topological polar surface area (TPSA) is 26.3 Å². The van der Waals surface area contributed by atoms with Crippen molar-refractivity contribution in [1.29, 1.82) is 0 Å². The van der Waals surface area contributed by atoms with E-state index in [1.807, 2.05) is 6.07 Å². The third-order valence-electron chi connectivity index (χ3n) is 3.51. The number of carbonyl (C=O) groups is 1. The van der Waals surface area contributed by atoms with Gasteiger partial charge >= 0.3 is 5.97 Å². The Kier molecular flexibility index (Phi) is 1.49. The van der Waals surface area contributed by atoms with Gasteiger partial charge in [-0.25, -0.2) is 0 Å². The Morgan fingerprint density at radius 1 is 1.43 bits per heavy atom. The maximum Gasteiger partial charge on any atom is 0.309 e. The zero-order chi connectivity index (χ0) is 9.71. The molecule has 0 aromatic heterocycles. The van der Waals surface area contributed by atoms with E-state index in [2.05, 4.69) is 18.2 Å². The number of fused-ring (bicyclic) bond motifs is 3. The predicted molar refractivity (Wildman–Crippen MR) is 51.9 cm³/mol. The Hall–Kier alpha value is -1.31. The largest absolute Gasteiger partial charge is 0.469 e. The molecule has 1 aromatic carbocycles. The van der Waals surface area contributed by atoms with E-state index in [9.17, 15) is 4.79 Å². The minimum absolute atomic E-state index is 0.0329. The van der Waals surface area contributed by atoms with Crippen LogP contribution < -0.4 is 0 Å². The van der Waals surface area contributed by atoms with E-state index in [0.717, 1.165) is 6.42 Å². The number of esters is 1. The molecule has 0 heterocycles. The van der Waals surface area contributed by atoms with Gasteiger partial charge in [-0.2, -0.15) is 0 Å². The quantitative estimate of drug-likeness (QED) is 0.627. The first kappa shape index (κ1) is 8.04. The summed E-state index contributed by atoms with van der Waals surface area (Å²) in [5, 5.41) is 0. The molecule has 3 atom stereocenters. The summed E-state index contributed by atoms with van der Waals surface area (Å²) < 4.78 is 4.79. The van der Waals surface area contributed by atoms with Crippen molar-refractivity contribution in [2.75, 3.05) is 7.11 Å². The number of hydrogen-bond acceptors (Lipinski definition) is 2. The van der Waals surface area contributed by atoms with Gasteiger partial charge in [0, 0.05) is 5.92 Å². The van der Waals surface area contributed by atoms with Crippen LogP contribution in [0.25, 0.3) is 0 Å². The van der Waals surface area contributed by atoms with Gasteiger partial charge in [0.05, 0.1) is 13.0 Å². The third-order valence-corrected chi connectivity index (χ3v) is 3.51. The highest BCUT2D eigenvalue weighted by Gasteiger charge is 2.59. The number of rotatable bonds is 1. The summed E-state index contributed by atoms with van der Waals surface area (Å²) in [4.78, 5) is 11.4. The van der Waals surface area contributed by atoms with Crippen LogP contribution in [0.1, 0.15) is 17.0 Å². The average Bonchev–Trinajstić information content (AvgIpc) is 2.81. The van der Waals surface area contributed by atoms with Gasteiger partial charge < -0.3 is 4.74 Å². The highest BCUT2D eigenvalue weighted by Crippen LogP contribution is 2.61. The molecule has 2 nitrogen and oxygen atoms in total. The summed E-state index contributed by atoms with van der Waals surface area (Å²) in [5.41, 5.74) is 2.79. The molecule has 0 radical (unpaired) electrons. The van der Waals surface area contributed by atoms with Gasteiger partial charge in [-0.1, -0.05) is 24.3 Å². The van der Waals surface area contributed by atoms with Gasteiger partial charge in [-0.3, -0.25) is 4.79 Å². The molecule has 0 saturated heterocycles. The minimum atomic E-state index is -0.0329. The Balaban J connectivity index is 1.91. The Bertz CT molecular complexity index is 397. The van der Waals surface area contributed by atoms with E-state index in [1.54, 1.807) is 0 Å². The van der Waals surface area contributed by atoms with Crippen molar-refractivity contribution in [2.45, 2.75) is 12.3 Å². The molecule has 0 spiro atoms. The van der Waals surface area contributed by atoms with Crippen LogP contribution in [-0.4, -0.2) is 13.1 Å². The van der Waals surface area contributed by atoms with Crippen molar-refractivity contribution < 1.29 is 9.53 Å². The van der Waals surface area contributed by atoms with Crippen LogP contribution in [0, 0.1) is 11.8 Å². The van der Waals surface area contributed by atoms with E-state index in [0.29, 0.717) is 11.8 Å². The van der Waals surface area contributed by atoms with E-state index in [-0.39, 0.29) is 11.9 Å². The molecule has 3 rings (SSSR count). The maximum atomic E-state index is 11.4. The zero-order valence-electron chi connectivity index (χ0n) is 8.07. The molecule has 0 unspecified atom stereocenters. The average molecular weight is 188 g/mol. The first-order chi connectivity index (χ1) is 6.83. The number of carbonyl (C=O) groups excluding carboxylic acids is 1. The molecule has 0 bridgehead atoms. The molecule has 1 aromatic rings. The van der Waals surface area contributed by atoms with Crippen LogP contribution in [0.3, 0.4) is 0 Å². The van der Waals surface area contributed by atoms with Crippen molar-refractivity contribution in [3.63, 3.8) is 0 Å². The molecule has 14 heavy (non-hydrogen) atoms. The van der Waals surface area contributed by atoms with Crippen LogP contribution in [0.15, 0.2) is 24.3 Å². The van der Waals surface area contributed by atoms with E-state index in [1.165, 1.54) is 18.2 Å². The molecular weight excluding hydrogens is 176 g/mol. The van der Waals surface area contributed by atoms with E-state index >= 15 is 0 Å². The lowest BCUT2D eigenvalue weighted by atomic mass is 10.0. The Labute approximate surface area is 82.9 Å². The molecule has 0 aliphatic heterocycles. The van der Waals surface area contributed by atoms with Gasteiger partial charge in [-0.05, 0) is 23.5 Å². The second-order valence-corrected chi connectivity index (χ2v) is 4.14. The number of ether oxygens (including phenoxy) is 1. The van der Waals surface area contributed by atoms with Crippen molar-refractivity contribution in [3.8, 4) is 0 Å². The molecule has 1 fully saturated rings. The molecule has 2 aliphatic rings. The summed E-state index contributed by atoms with van der Waals surface area (Å²) in [6.07, 6.45) is 1.06. The highest BCUT2D eigenvalue weighted by atomic mass is 16.5. The number of methoxy groups -OCH3 is 1. The van der Waals surface area contributed by atoms with Gasteiger partial charge in [0.15, 0.2) is 0 Å². The van der Waals surface area contributed by atoms with Crippen LogP contribution in [0.4, 0.5) is 0 Å². The first-order valence-corrected chi connectivity index (χ1v) is 4.98. The van der Waals surface area contributed by atoms with Crippen molar-refractivity contribution in [2.24, 2.45) is 11.8 Å². The summed E-state index contributed by atoms with van der Waals surface area (Å²) in [6.45, 7) is 0. The van der Waals surface area contributed by atoms with Gasteiger partial charge in [0.1, 0.15) is 0 Å². The van der Waals surface area contributed by atoms with Crippen LogP contribution >= 0.6 is 0 Å². The molecule has 72 valence electrons. The second kappa shape index (κ2) is 2.59. The molecule has 2 heteroatoms. The normalized spacial score (nSPS) is 31.9. The third kappa shape index (κ3) is 0.884. The number of benzene rings is 1. The lowest BCUT2D eigenvalue weighted by Gasteiger charge is -2.05. The minimum Gasteiger partial charge on any atom is -0.469 e. The molecule has 0 N–H and O–H groups in total. The van der Waals surface area contributed by atoms with Gasteiger partial charge in [0.2, 0.25) is 0 Å². The number of hydrogen-bond donors (Lipinski definition) is 0. The summed E-state index contributed by atoms with van der Waals surface area (Å²) in [6, 6.07) is 8.42. The van der Waals surface area contributed by atoms with Crippen molar-refractivity contribution >= 4 is 5.97 Å². The molecule has 0 amide bonds. The molecule has 1 saturated carbocycles. The van der Waals surface area contributed by atoms with E-state index in [4.69, 9.17) is 4.74 Å². The summed E-state index contributed by atoms with van der Waals surface area (Å²) in [7, 11) is 1.47. The monoisotopic (exact) mass is 188 g/mol. The summed E-state index contributed by atoms with van der Waals surface area (Å²) in [5.74, 6) is 1.10. The molecular formula is C12H12O2. The van der Waals surface area contributed by atoms with Crippen LogP contribution in [0.2, 0.25) is 0 Å². The summed E-state index contributed by atoms with van der Waals surface area (Å²) >= 11 is 0. The van der Waals surface area contributed by atoms with Crippen molar-refractivity contribution in [1.82, 2.24) is 0 Å². The lowest BCUT2D eigenvalue weighted by molar-refractivity contribution is -0.142. The smallest absolute Gasteiger partial charge is 0.309 e. The second-order valence-electron chi connectivity index (χ2n) is 4.14. The Morgan fingerprint density at radius 3 is 3.00 bits per heavy atom. The van der Waals surface area contributed by atoms with Gasteiger partial charge in [-0.15, -0.1) is 0 Å². The van der Waals surface area contributed by atoms with Crippen LogP contribution in [-0.2, 0) is 16.0 Å². The van der Waals surface area contributed by atoms with Crippen molar-refractivity contribution in [3.05, 3.63) is 35.4 Å². The lowest BCUT2D eigenvalue weighted by Crippen LogP contribution is -2.08. The fourth-order valence-corrected chi connectivity index (χ4v) is 2.81. The standard InChI is InChI=1S/C12H12O2/c1-14-12(13)11-9-6-7-4-2-3-5-8(7)10(9)11/h2-5,9-11H,6H2,1H3/t9-,10+,11+/m0/s1. The predicted octanol–water partition coefficient (Wildman–Crippen LogP) is 1.75.